The van der Waals surface area contributed by atoms with Gasteiger partial charge in [0.15, 0.2) is 11.6 Å². The van der Waals surface area contributed by atoms with Crippen molar-refractivity contribution in [1.82, 2.24) is 24.5 Å². The van der Waals surface area contributed by atoms with Crippen molar-refractivity contribution < 1.29 is 0 Å². The van der Waals surface area contributed by atoms with Gasteiger partial charge < -0.3 is 0 Å². The minimum absolute atomic E-state index is 0.597. The maximum atomic E-state index is 4.99. The fourth-order valence-corrected chi connectivity index (χ4v) is 5.30. The van der Waals surface area contributed by atoms with E-state index in [-0.39, 0.29) is 0 Å². The summed E-state index contributed by atoms with van der Waals surface area (Å²) in [6, 6.07) is 32.7. The average Bonchev–Trinajstić information content (AvgIpc) is 3.52. The van der Waals surface area contributed by atoms with Crippen molar-refractivity contribution in [2.75, 3.05) is 0 Å². The molecule has 5 nitrogen and oxygen atoms in total. The van der Waals surface area contributed by atoms with E-state index in [9.17, 15) is 0 Å². The third-order valence-corrected chi connectivity index (χ3v) is 6.87. The normalized spacial score (nSPS) is 11.5. The van der Waals surface area contributed by atoms with Crippen LogP contribution in [-0.2, 0) is 0 Å². The molecule has 160 valence electrons. The molecule has 0 saturated heterocycles. The standard InChI is InChI=1S/C28H17N5S/c1-3-9-18(10-4-1)26-30-27(19-11-5-2-6-12-19)32-28(31-26)33-23-14-8-7-13-20(23)21-15-16-22-25(24(21)33)34-17-29-22/h1-17H. The zero-order valence-electron chi connectivity index (χ0n) is 18.0. The van der Waals surface area contributed by atoms with Crippen LogP contribution in [-0.4, -0.2) is 24.5 Å². The Balaban J connectivity index is 1.62. The molecular formula is C28H17N5S. The molecule has 0 aliphatic carbocycles. The molecule has 0 bridgehead atoms. The van der Waals surface area contributed by atoms with Crippen molar-refractivity contribution in [3.8, 4) is 28.7 Å². The lowest BCUT2D eigenvalue weighted by Crippen LogP contribution is -2.06. The summed E-state index contributed by atoms with van der Waals surface area (Å²) in [6.07, 6.45) is 0. The van der Waals surface area contributed by atoms with Crippen molar-refractivity contribution in [2.24, 2.45) is 0 Å². The Kier molecular flexibility index (Phi) is 4.25. The third kappa shape index (κ3) is 2.93. The van der Waals surface area contributed by atoms with Crippen LogP contribution in [0.15, 0.2) is 103 Å². The number of fused-ring (bicyclic) bond motifs is 5. The molecule has 4 aromatic carbocycles. The highest BCUT2D eigenvalue weighted by atomic mass is 32.1. The molecule has 0 radical (unpaired) electrons. The van der Waals surface area contributed by atoms with Gasteiger partial charge in [-0.15, -0.1) is 11.3 Å². The van der Waals surface area contributed by atoms with Gasteiger partial charge in [-0.3, -0.25) is 4.57 Å². The minimum atomic E-state index is 0.597. The molecule has 0 spiro atoms. The van der Waals surface area contributed by atoms with Gasteiger partial charge in [0.05, 0.1) is 26.8 Å². The number of hydrogen-bond acceptors (Lipinski definition) is 5. The first-order valence-corrected chi connectivity index (χ1v) is 11.9. The molecule has 7 aromatic rings. The highest BCUT2D eigenvalue weighted by Gasteiger charge is 2.19. The van der Waals surface area contributed by atoms with E-state index >= 15 is 0 Å². The topological polar surface area (TPSA) is 56.5 Å². The lowest BCUT2D eigenvalue weighted by Gasteiger charge is -2.11. The first kappa shape index (κ1) is 19.1. The fraction of sp³-hybridized carbons (Fsp3) is 0. The summed E-state index contributed by atoms with van der Waals surface area (Å²) in [5.41, 5.74) is 6.90. The van der Waals surface area contributed by atoms with Crippen LogP contribution in [0.3, 0.4) is 0 Å². The molecule has 0 fully saturated rings. The zero-order valence-corrected chi connectivity index (χ0v) is 18.8. The van der Waals surface area contributed by atoms with Crippen molar-refractivity contribution in [3.05, 3.63) is 103 Å². The Bertz CT molecular complexity index is 1750. The van der Waals surface area contributed by atoms with Gasteiger partial charge in [-0.05, 0) is 18.2 Å². The van der Waals surface area contributed by atoms with Gasteiger partial charge in [0.2, 0.25) is 5.95 Å². The average molecular weight is 456 g/mol. The molecule has 3 aromatic heterocycles. The molecule has 0 atom stereocenters. The Morgan fingerprint density at radius 3 is 1.94 bits per heavy atom. The molecule has 0 saturated carbocycles. The Labute approximate surface area is 199 Å². The maximum Gasteiger partial charge on any atom is 0.238 e. The number of rotatable bonds is 3. The first-order chi connectivity index (χ1) is 16.9. The summed E-state index contributed by atoms with van der Waals surface area (Å²) in [5, 5.41) is 2.33. The predicted molar refractivity (Wildman–Crippen MR) is 138 cm³/mol. The lowest BCUT2D eigenvalue weighted by atomic mass is 10.1. The highest BCUT2D eigenvalue weighted by molar-refractivity contribution is 7.17. The molecule has 3 heterocycles. The first-order valence-electron chi connectivity index (χ1n) is 11.0. The SMILES string of the molecule is c1ccc(-c2nc(-c3ccccc3)nc(-n3c4ccccc4c4ccc5ncsc5c43)n2)cc1. The van der Waals surface area contributed by atoms with Crippen LogP contribution in [0.25, 0.3) is 60.7 Å². The van der Waals surface area contributed by atoms with Gasteiger partial charge in [-0.25, -0.2) is 9.97 Å². The zero-order chi connectivity index (χ0) is 22.5. The van der Waals surface area contributed by atoms with E-state index in [1.54, 1.807) is 11.3 Å². The van der Waals surface area contributed by atoms with Crippen LogP contribution in [0.2, 0.25) is 0 Å². The number of hydrogen-bond donors (Lipinski definition) is 0. The van der Waals surface area contributed by atoms with E-state index in [2.05, 4.69) is 45.9 Å². The number of nitrogens with zero attached hydrogens (tertiary/aromatic N) is 5. The highest BCUT2D eigenvalue weighted by Crippen LogP contribution is 2.37. The van der Waals surface area contributed by atoms with Crippen LogP contribution in [0, 0.1) is 0 Å². The van der Waals surface area contributed by atoms with Gasteiger partial charge in [-0.1, -0.05) is 78.9 Å². The molecule has 0 aliphatic rings. The minimum Gasteiger partial charge on any atom is -0.276 e. The monoisotopic (exact) mass is 455 g/mol. The Morgan fingerprint density at radius 2 is 1.24 bits per heavy atom. The molecule has 0 unspecified atom stereocenters. The summed E-state index contributed by atoms with van der Waals surface area (Å²) >= 11 is 1.64. The van der Waals surface area contributed by atoms with E-state index in [4.69, 9.17) is 15.0 Å². The van der Waals surface area contributed by atoms with E-state index < -0.39 is 0 Å². The van der Waals surface area contributed by atoms with Gasteiger partial charge in [0.25, 0.3) is 0 Å². The van der Waals surface area contributed by atoms with Crippen LogP contribution in [0.4, 0.5) is 0 Å². The molecule has 0 N–H and O–H groups in total. The molecule has 0 aliphatic heterocycles. The number of thiazole rings is 1. The van der Waals surface area contributed by atoms with E-state index in [0.29, 0.717) is 17.6 Å². The van der Waals surface area contributed by atoms with E-state index in [1.165, 1.54) is 0 Å². The van der Waals surface area contributed by atoms with Crippen LogP contribution >= 0.6 is 11.3 Å². The second kappa shape index (κ2) is 7.57. The second-order valence-electron chi connectivity index (χ2n) is 8.03. The van der Waals surface area contributed by atoms with Gasteiger partial charge in [-0.2, -0.15) is 9.97 Å². The van der Waals surface area contributed by atoms with Gasteiger partial charge in [0, 0.05) is 21.9 Å². The summed E-state index contributed by atoms with van der Waals surface area (Å²) in [5.74, 6) is 1.89. The number of aromatic nitrogens is 5. The number of benzene rings is 4. The number of para-hydroxylation sites is 1. The van der Waals surface area contributed by atoms with Crippen molar-refractivity contribution in [3.63, 3.8) is 0 Å². The molecular weight excluding hydrogens is 438 g/mol. The molecule has 0 amide bonds. The maximum absolute atomic E-state index is 4.99. The molecule has 7 rings (SSSR count). The summed E-state index contributed by atoms with van der Waals surface area (Å²) in [7, 11) is 0. The van der Waals surface area contributed by atoms with Crippen molar-refractivity contribution in [2.45, 2.75) is 0 Å². The lowest BCUT2D eigenvalue weighted by molar-refractivity contribution is 0.955. The van der Waals surface area contributed by atoms with Crippen LogP contribution < -0.4 is 0 Å². The summed E-state index contributed by atoms with van der Waals surface area (Å²) < 4.78 is 3.28. The van der Waals surface area contributed by atoms with Crippen molar-refractivity contribution >= 4 is 43.4 Å². The van der Waals surface area contributed by atoms with Gasteiger partial charge in [0.1, 0.15) is 0 Å². The van der Waals surface area contributed by atoms with Crippen LogP contribution in [0.5, 0.6) is 0 Å². The Morgan fingerprint density at radius 1 is 0.588 bits per heavy atom. The third-order valence-electron chi connectivity index (χ3n) is 6.02. The van der Waals surface area contributed by atoms with E-state index in [0.717, 1.165) is 43.1 Å². The van der Waals surface area contributed by atoms with Crippen LogP contribution in [0.1, 0.15) is 0 Å². The van der Waals surface area contributed by atoms with Crippen molar-refractivity contribution in [1.29, 1.82) is 0 Å². The van der Waals surface area contributed by atoms with E-state index in [1.807, 2.05) is 66.2 Å². The second-order valence-corrected chi connectivity index (χ2v) is 8.88. The molecule has 34 heavy (non-hydrogen) atoms. The molecule has 6 heteroatoms. The Hall–Kier alpha value is -4.42. The summed E-state index contributed by atoms with van der Waals surface area (Å²) in [4.78, 5) is 19.4. The predicted octanol–water partition coefficient (Wildman–Crippen LogP) is 6.91. The quantitative estimate of drug-likeness (QED) is 0.290. The fourth-order valence-electron chi connectivity index (χ4n) is 4.48. The smallest absolute Gasteiger partial charge is 0.238 e. The largest absolute Gasteiger partial charge is 0.276 e. The summed E-state index contributed by atoms with van der Waals surface area (Å²) in [6.45, 7) is 0. The van der Waals surface area contributed by atoms with Gasteiger partial charge >= 0.3 is 0 Å².